The number of carbonyl (C=O) groups excluding carboxylic acids is 1. The molecule has 0 saturated heterocycles. The highest BCUT2D eigenvalue weighted by atomic mass is 16.5. The molecule has 1 aromatic carbocycles. The Morgan fingerprint density at radius 2 is 2.00 bits per heavy atom. The monoisotopic (exact) mass is 274 g/mol. The first-order valence-corrected chi connectivity index (χ1v) is 6.77. The third-order valence-corrected chi connectivity index (χ3v) is 3.05. The lowest BCUT2D eigenvalue weighted by Crippen LogP contribution is -2.37. The molecule has 0 aliphatic heterocycles. The summed E-state index contributed by atoms with van der Waals surface area (Å²) in [5.74, 6) is 1.02. The molecular formula is C15H18N2O3. The van der Waals surface area contributed by atoms with Gasteiger partial charge in [-0.15, -0.1) is 0 Å². The van der Waals surface area contributed by atoms with Gasteiger partial charge in [0.15, 0.2) is 18.1 Å². The van der Waals surface area contributed by atoms with Crippen LogP contribution < -0.4 is 9.47 Å². The summed E-state index contributed by atoms with van der Waals surface area (Å²) < 4.78 is 11.0. The molecule has 106 valence electrons. The van der Waals surface area contributed by atoms with Gasteiger partial charge in [0, 0.05) is 6.04 Å². The predicted octanol–water partition coefficient (Wildman–Crippen LogP) is 1.98. The van der Waals surface area contributed by atoms with Gasteiger partial charge in [0.25, 0.3) is 5.91 Å². The number of nitriles is 1. The van der Waals surface area contributed by atoms with Crippen LogP contribution in [0.4, 0.5) is 0 Å². The van der Waals surface area contributed by atoms with Gasteiger partial charge in [-0.05, 0) is 31.9 Å². The summed E-state index contributed by atoms with van der Waals surface area (Å²) in [6.45, 7) is 2.49. The lowest BCUT2D eigenvalue weighted by molar-refractivity contribution is -0.133. The Balaban J connectivity index is 1.94. The highest BCUT2D eigenvalue weighted by Gasteiger charge is 2.32. The minimum absolute atomic E-state index is 0.0672. The number of rotatable bonds is 7. The quantitative estimate of drug-likeness (QED) is 0.713. The Morgan fingerprint density at radius 1 is 1.35 bits per heavy atom. The minimum Gasteiger partial charge on any atom is -0.490 e. The molecule has 1 fully saturated rings. The Morgan fingerprint density at radius 3 is 2.55 bits per heavy atom. The number of hydrogen-bond acceptors (Lipinski definition) is 4. The largest absolute Gasteiger partial charge is 0.490 e. The average molecular weight is 274 g/mol. The van der Waals surface area contributed by atoms with Crippen molar-refractivity contribution < 1.29 is 14.3 Å². The normalized spacial score (nSPS) is 13.4. The SMILES string of the molecule is CCOc1ccccc1OCC(=O)N(CC#N)C1CC1. The third kappa shape index (κ3) is 3.64. The fourth-order valence-corrected chi connectivity index (χ4v) is 1.95. The second kappa shape index (κ2) is 6.80. The minimum atomic E-state index is -0.152. The Hall–Kier alpha value is -2.22. The number of ether oxygens (including phenoxy) is 2. The van der Waals surface area contributed by atoms with E-state index >= 15 is 0 Å². The summed E-state index contributed by atoms with van der Waals surface area (Å²) in [6.07, 6.45) is 1.95. The average Bonchev–Trinajstić information content (AvgIpc) is 3.28. The van der Waals surface area contributed by atoms with Crippen molar-refractivity contribution in [2.45, 2.75) is 25.8 Å². The van der Waals surface area contributed by atoms with Gasteiger partial charge in [0.1, 0.15) is 6.54 Å². The summed E-state index contributed by atoms with van der Waals surface area (Å²) in [4.78, 5) is 13.7. The van der Waals surface area contributed by atoms with E-state index < -0.39 is 0 Å². The first-order valence-electron chi connectivity index (χ1n) is 6.77. The number of amides is 1. The molecule has 2 rings (SSSR count). The van der Waals surface area contributed by atoms with Crippen molar-refractivity contribution in [1.82, 2.24) is 4.90 Å². The van der Waals surface area contributed by atoms with Crippen LogP contribution in [-0.2, 0) is 4.79 Å². The van der Waals surface area contributed by atoms with Crippen molar-refractivity contribution in [3.05, 3.63) is 24.3 Å². The topological polar surface area (TPSA) is 62.6 Å². The van der Waals surface area contributed by atoms with Gasteiger partial charge >= 0.3 is 0 Å². The van der Waals surface area contributed by atoms with Gasteiger partial charge < -0.3 is 14.4 Å². The lowest BCUT2D eigenvalue weighted by atomic mass is 10.3. The van der Waals surface area contributed by atoms with E-state index in [2.05, 4.69) is 0 Å². The maximum absolute atomic E-state index is 12.1. The van der Waals surface area contributed by atoms with Gasteiger partial charge in [0.2, 0.25) is 0 Å². The first-order chi connectivity index (χ1) is 9.76. The van der Waals surface area contributed by atoms with E-state index in [9.17, 15) is 4.79 Å². The van der Waals surface area contributed by atoms with Crippen molar-refractivity contribution in [2.75, 3.05) is 19.8 Å². The molecule has 1 aromatic rings. The Kier molecular flexibility index (Phi) is 4.83. The summed E-state index contributed by atoms with van der Waals surface area (Å²) >= 11 is 0. The van der Waals surface area contributed by atoms with E-state index in [1.807, 2.05) is 25.1 Å². The number of hydrogen-bond donors (Lipinski definition) is 0. The second-order valence-corrected chi connectivity index (χ2v) is 4.58. The van der Waals surface area contributed by atoms with E-state index in [-0.39, 0.29) is 25.1 Å². The summed E-state index contributed by atoms with van der Waals surface area (Å²) in [5, 5.41) is 8.76. The van der Waals surface area contributed by atoms with Crippen molar-refractivity contribution in [3.8, 4) is 17.6 Å². The molecular weight excluding hydrogens is 256 g/mol. The number of carbonyl (C=O) groups is 1. The van der Waals surface area contributed by atoms with Crippen molar-refractivity contribution in [2.24, 2.45) is 0 Å². The molecule has 0 bridgehead atoms. The van der Waals surface area contributed by atoms with E-state index in [4.69, 9.17) is 14.7 Å². The van der Waals surface area contributed by atoms with E-state index in [1.165, 1.54) is 0 Å². The lowest BCUT2D eigenvalue weighted by Gasteiger charge is -2.19. The van der Waals surface area contributed by atoms with Crippen LogP contribution in [0, 0.1) is 11.3 Å². The molecule has 0 unspecified atom stereocenters. The van der Waals surface area contributed by atoms with Gasteiger partial charge in [-0.25, -0.2) is 0 Å². The van der Waals surface area contributed by atoms with Crippen LogP contribution in [0.3, 0.4) is 0 Å². The van der Waals surface area contributed by atoms with E-state index in [0.29, 0.717) is 18.1 Å². The highest BCUT2D eigenvalue weighted by molar-refractivity contribution is 5.78. The summed E-state index contributed by atoms with van der Waals surface area (Å²) in [5.41, 5.74) is 0. The zero-order valence-corrected chi connectivity index (χ0v) is 11.5. The fraction of sp³-hybridized carbons (Fsp3) is 0.467. The zero-order chi connectivity index (χ0) is 14.4. The predicted molar refractivity (Wildman–Crippen MR) is 73.5 cm³/mol. The third-order valence-electron chi connectivity index (χ3n) is 3.05. The second-order valence-electron chi connectivity index (χ2n) is 4.58. The molecule has 5 heteroatoms. The summed E-state index contributed by atoms with van der Waals surface area (Å²) in [6, 6.07) is 9.49. The Bertz CT molecular complexity index is 506. The van der Waals surface area contributed by atoms with Crippen LogP contribution in [-0.4, -0.2) is 36.6 Å². The fourth-order valence-electron chi connectivity index (χ4n) is 1.95. The maximum Gasteiger partial charge on any atom is 0.261 e. The molecule has 20 heavy (non-hydrogen) atoms. The molecule has 0 radical (unpaired) electrons. The summed E-state index contributed by atoms with van der Waals surface area (Å²) in [7, 11) is 0. The first kappa shape index (κ1) is 14.2. The molecule has 1 aliphatic rings. The Labute approximate surface area is 118 Å². The zero-order valence-electron chi connectivity index (χ0n) is 11.5. The number of benzene rings is 1. The van der Waals surface area contributed by atoms with Gasteiger partial charge in [-0.3, -0.25) is 4.79 Å². The van der Waals surface area contributed by atoms with Crippen LogP contribution in [0.2, 0.25) is 0 Å². The standard InChI is InChI=1S/C15H18N2O3/c1-2-19-13-5-3-4-6-14(13)20-11-15(18)17(10-9-16)12-7-8-12/h3-6,12H,2,7-8,10-11H2,1H3. The molecule has 0 aromatic heterocycles. The van der Waals surface area contributed by atoms with Crippen molar-refractivity contribution in [3.63, 3.8) is 0 Å². The van der Waals surface area contributed by atoms with Crippen LogP contribution in [0.25, 0.3) is 0 Å². The molecule has 0 spiro atoms. The maximum atomic E-state index is 12.1. The highest BCUT2D eigenvalue weighted by Crippen LogP contribution is 2.28. The van der Waals surface area contributed by atoms with Crippen LogP contribution >= 0.6 is 0 Å². The van der Waals surface area contributed by atoms with Gasteiger partial charge in [-0.1, -0.05) is 12.1 Å². The van der Waals surface area contributed by atoms with Gasteiger partial charge in [-0.2, -0.15) is 5.26 Å². The molecule has 1 saturated carbocycles. The smallest absolute Gasteiger partial charge is 0.261 e. The molecule has 5 nitrogen and oxygen atoms in total. The molecule has 1 aliphatic carbocycles. The van der Waals surface area contributed by atoms with Crippen molar-refractivity contribution >= 4 is 5.91 Å². The van der Waals surface area contributed by atoms with Gasteiger partial charge in [0.05, 0.1) is 12.7 Å². The molecule has 0 heterocycles. The molecule has 0 N–H and O–H groups in total. The van der Waals surface area contributed by atoms with Crippen molar-refractivity contribution in [1.29, 1.82) is 5.26 Å². The van der Waals surface area contributed by atoms with Crippen LogP contribution in [0.1, 0.15) is 19.8 Å². The molecule has 1 amide bonds. The molecule has 0 atom stereocenters. The van der Waals surface area contributed by atoms with Crippen LogP contribution in [0.15, 0.2) is 24.3 Å². The number of para-hydroxylation sites is 2. The van der Waals surface area contributed by atoms with E-state index in [1.54, 1.807) is 17.0 Å². The van der Waals surface area contributed by atoms with E-state index in [0.717, 1.165) is 12.8 Å². The van der Waals surface area contributed by atoms with Crippen LogP contribution in [0.5, 0.6) is 11.5 Å². The number of nitrogens with zero attached hydrogens (tertiary/aromatic N) is 2.